The summed E-state index contributed by atoms with van der Waals surface area (Å²) in [4.78, 5) is 7.85. The number of rotatable bonds is 1. The third kappa shape index (κ3) is 3.73. The maximum absolute atomic E-state index is 9.54. The molecule has 6 heavy (non-hydrogen) atoms. The highest BCUT2D eigenvalue weighted by Crippen LogP contribution is 2.11. The van der Waals surface area contributed by atoms with Gasteiger partial charge in [0.25, 0.3) is 0 Å². The van der Waals surface area contributed by atoms with Crippen LogP contribution in [0.3, 0.4) is 0 Å². The van der Waals surface area contributed by atoms with Crippen molar-refractivity contribution in [1.29, 1.82) is 0 Å². The molecule has 2 N–H and O–H groups in total. The summed E-state index contributed by atoms with van der Waals surface area (Å²) >= 11 is 0. The highest BCUT2D eigenvalue weighted by atomic mass is 31.1. The first-order valence-corrected chi connectivity index (χ1v) is 2.74. The van der Waals surface area contributed by atoms with Crippen molar-refractivity contribution < 1.29 is 14.6 Å². The minimum atomic E-state index is -2.57. The molecule has 3 nitrogen and oxygen atoms in total. The lowest BCUT2D eigenvalue weighted by molar-refractivity contribution is 0.471. The first kappa shape index (κ1) is 5.73. The van der Waals surface area contributed by atoms with Crippen molar-refractivity contribution in [1.82, 2.24) is 0 Å². The predicted molar refractivity (Wildman–Crippen MR) is 23.0 cm³/mol. The molecule has 0 radical (unpaired) electrons. The Morgan fingerprint density at radius 2 is 2.17 bits per heavy atom. The Kier molecular flexibility index (Phi) is 2.81. The topological polar surface area (TPSA) is 57.5 Å². The lowest BCUT2D eigenvalue weighted by Crippen LogP contribution is -1.45. The number of aliphatic hydroxyl groups excluding tert-OH is 1. The Balaban J connectivity index is 3.30. The molecule has 0 saturated heterocycles. The van der Waals surface area contributed by atoms with Crippen LogP contribution in [0.4, 0.5) is 0 Å². The highest BCUT2D eigenvalue weighted by molar-refractivity contribution is 7.41. The van der Waals surface area contributed by atoms with E-state index in [4.69, 9.17) is 10.00 Å². The van der Waals surface area contributed by atoms with Gasteiger partial charge in [-0.25, -0.2) is 0 Å². The van der Waals surface area contributed by atoms with Gasteiger partial charge in [0.1, 0.15) is 0 Å². The van der Waals surface area contributed by atoms with Gasteiger partial charge in [0.15, 0.2) is 0 Å². The fraction of sp³-hybridized carbons (Fsp3) is 0. The molecular weight excluding hydrogens is 103 g/mol. The van der Waals surface area contributed by atoms with Crippen LogP contribution in [0, 0.1) is 0 Å². The SMILES string of the molecule is O=[PH](O)/C=C/O. The molecule has 4 heteroatoms. The van der Waals surface area contributed by atoms with Gasteiger partial charge in [-0.05, 0) is 0 Å². The zero-order chi connectivity index (χ0) is 4.99. The number of aliphatic hydroxyl groups is 1. The first-order valence-electron chi connectivity index (χ1n) is 1.31. The quantitative estimate of drug-likeness (QED) is 0.379. The maximum Gasteiger partial charge on any atom is 0.214 e. The van der Waals surface area contributed by atoms with E-state index < -0.39 is 8.03 Å². The van der Waals surface area contributed by atoms with Gasteiger partial charge in [0.05, 0.1) is 6.26 Å². The number of hydrogen-bond acceptors (Lipinski definition) is 2. The van der Waals surface area contributed by atoms with Crippen LogP contribution in [-0.4, -0.2) is 10.00 Å². The van der Waals surface area contributed by atoms with Gasteiger partial charge < -0.3 is 10.00 Å². The Morgan fingerprint density at radius 1 is 1.67 bits per heavy atom. The minimum Gasteiger partial charge on any atom is -0.515 e. The van der Waals surface area contributed by atoms with E-state index in [1.54, 1.807) is 0 Å². The zero-order valence-corrected chi connectivity index (χ0v) is 3.96. The third-order valence-corrected chi connectivity index (χ3v) is 0.651. The Bertz CT molecular complexity index is 76.9. The van der Waals surface area contributed by atoms with Gasteiger partial charge in [-0.15, -0.1) is 0 Å². The van der Waals surface area contributed by atoms with Crippen molar-refractivity contribution >= 4 is 8.03 Å². The van der Waals surface area contributed by atoms with Crippen LogP contribution in [0.1, 0.15) is 0 Å². The van der Waals surface area contributed by atoms with E-state index in [9.17, 15) is 4.57 Å². The molecule has 36 valence electrons. The van der Waals surface area contributed by atoms with Crippen molar-refractivity contribution in [3.63, 3.8) is 0 Å². The molecule has 0 aromatic rings. The van der Waals surface area contributed by atoms with E-state index >= 15 is 0 Å². The molecule has 0 heterocycles. The fourth-order valence-corrected chi connectivity index (χ4v) is 0.191. The van der Waals surface area contributed by atoms with Crippen molar-refractivity contribution in [3.05, 3.63) is 12.1 Å². The Morgan fingerprint density at radius 3 is 2.17 bits per heavy atom. The van der Waals surface area contributed by atoms with E-state index in [0.717, 1.165) is 5.82 Å². The van der Waals surface area contributed by atoms with Gasteiger partial charge in [-0.2, -0.15) is 0 Å². The molecule has 0 amide bonds. The summed E-state index contributed by atoms with van der Waals surface area (Å²) in [6, 6.07) is 0. The van der Waals surface area contributed by atoms with E-state index in [1.807, 2.05) is 0 Å². The summed E-state index contributed by atoms with van der Waals surface area (Å²) in [6.07, 6.45) is 0.557. The van der Waals surface area contributed by atoms with Crippen molar-refractivity contribution in [2.24, 2.45) is 0 Å². The minimum absolute atomic E-state index is 0.557. The maximum atomic E-state index is 9.54. The van der Waals surface area contributed by atoms with Gasteiger partial charge in [0, 0.05) is 5.82 Å². The monoisotopic (exact) mass is 108 g/mol. The zero-order valence-electron chi connectivity index (χ0n) is 2.96. The molecule has 0 spiro atoms. The summed E-state index contributed by atoms with van der Waals surface area (Å²) in [5.74, 6) is 0.824. The molecular formula is C2H5O3P. The molecule has 1 atom stereocenters. The molecule has 0 bridgehead atoms. The molecule has 0 rings (SSSR count). The second kappa shape index (κ2) is 2.94. The van der Waals surface area contributed by atoms with E-state index in [0.29, 0.717) is 6.26 Å². The van der Waals surface area contributed by atoms with Gasteiger partial charge in [-0.3, -0.25) is 4.57 Å². The second-order valence-electron chi connectivity index (χ2n) is 0.654. The van der Waals surface area contributed by atoms with Crippen LogP contribution in [0.15, 0.2) is 12.1 Å². The summed E-state index contributed by atoms with van der Waals surface area (Å²) in [6.45, 7) is 0. The third-order valence-electron chi connectivity index (χ3n) is 0.217. The predicted octanol–water partition coefficient (Wildman–Crippen LogP) is 0.483. The lowest BCUT2D eigenvalue weighted by atomic mass is 11.2. The van der Waals surface area contributed by atoms with Gasteiger partial charge in [0.2, 0.25) is 8.03 Å². The first-order chi connectivity index (χ1) is 2.77. The van der Waals surface area contributed by atoms with Crippen molar-refractivity contribution in [2.45, 2.75) is 0 Å². The van der Waals surface area contributed by atoms with E-state index in [2.05, 4.69) is 0 Å². The van der Waals surface area contributed by atoms with Crippen LogP contribution in [0.25, 0.3) is 0 Å². The van der Waals surface area contributed by atoms with Crippen LogP contribution in [0.5, 0.6) is 0 Å². The van der Waals surface area contributed by atoms with Crippen LogP contribution in [0.2, 0.25) is 0 Å². The van der Waals surface area contributed by atoms with Crippen molar-refractivity contribution in [3.8, 4) is 0 Å². The molecule has 0 saturated carbocycles. The molecule has 0 fully saturated rings. The summed E-state index contributed by atoms with van der Waals surface area (Å²) in [5, 5.41) is 7.72. The normalized spacial score (nSPS) is 15.5. The smallest absolute Gasteiger partial charge is 0.214 e. The number of hydrogen-bond donors (Lipinski definition) is 2. The largest absolute Gasteiger partial charge is 0.515 e. The van der Waals surface area contributed by atoms with Gasteiger partial charge in [-0.1, -0.05) is 0 Å². The fourth-order valence-electron chi connectivity index (χ4n) is 0.0638. The lowest BCUT2D eigenvalue weighted by Gasteiger charge is -1.70. The Hall–Kier alpha value is -0.270. The van der Waals surface area contributed by atoms with Gasteiger partial charge >= 0.3 is 0 Å². The molecule has 0 aliphatic carbocycles. The molecule has 0 aromatic carbocycles. The van der Waals surface area contributed by atoms with Crippen LogP contribution >= 0.6 is 8.03 Å². The average Bonchev–Trinajstić information content (AvgIpc) is 1.35. The molecule has 1 unspecified atom stereocenters. The molecule has 0 aromatic heterocycles. The summed E-state index contributed by atoms with van der Waals surface area (Å²) in [5.41, 5.74) is 0. The summed E-state index contributed by atoms with van der Waals surface area (Å²) < 4.78 is 9.54. The van der Waals surface area contributed by atoms with E-state index in [-0.39, 0.29) is 0 Å². The van der Waals surface area contributed by atoms with Crippen molar-refractivity contribution in [2.75, 3.05) is 0 Å². The molecule has 0 aliphatic heterocycles. The average molecular weight is 108 g/mol. The van der Waals surface area contributed by atoms with E-state index in [1.165, 1.54) is 0 Å². The standard InChI is InChI=1S/C2H5O3P/c3-1-2-6(4)5/h1-3,6H,(H,4,5)/b2-1+. The summed E-state index contributed by atoms with van der Waals surface area (Å²) in [7, 11) is -2.57. The second-order valence-corrected chi connectivity index (χ2v) is 1.66. The highest BCUT2D eigenvalue weighted by Gasteiger charge is 1.73. The Labute approximate surface area is 35.8 Å². The molecule has 0 aliphatic rings. The van der Waals surface area contributed by atoms with Crippen LogP contribution < -0.4 is 0 Å². The van der Waals surface area contributed by atoms with Crippen LogP contribution in [-0.2, 0) is 4.57 Å².